The molecule has 5 heteroatoms. The van der Waals surface area contributed by atoms with Crippen LogP contribution in [0.4, 0.5) is 0 Å². The molecule has 0 heterocycles. The Bertz CT molecular complexity index is 357. The van der Waals surface area contributed by atoms with Gasteiger partial charge in [0.2, 0.25) is 0 Å². The first kappa shape index (κ1) is 13.0. The van der Waals surface area contributed by atoms with E-state index in [0.717, 1.165) is 5.56 Å². The lowest BCUT2D eigenvalue weighted by atomic mass is 10.2. The first-order valence-corrected chi connectivity index (χ1v) is 5.30. The lowest BCUT2D eigenvalue weighted by Gasteiger charge is -2.09. The van der Waals surface area contributed by atoms with E-state index in [1.807, 2.05) is 0 Å². The minimum atomic E-state index is -1.15. The van der Waals surface area contributed by atoms with Gasteiger partial charge in [-0.25, -0.2) is 4.79 Å². The Hall–Kier alpha value is -1.10. The molecule has 0 aliphatic heterocycles. The minimum Gasteiger partial charge on any atom is -0.459 e. The molecule has 88 valence electrons. The normalized spacial score (nSPS) is 12.2. The van der Waals surface area contributed by atoms with Crippen molar-refractivity contribution in [2.75, 3.05) is 6.54 Å². The van der Waals surface area contributed by atoms with Crippen LogP contribution in [0.25, 0.3) is 0 Å². The molecule has 1 atom stereocenters. The van der Waals surface area contributed by atoms with Crippen LogP contribution in [0.3, 0.4) is 0 Å². The van der Waals surface area contributed by atoms with Crippen LogP contribution in [0.1, 0.15) is 12.0 Å². The predicted molar refractivity (Wildman–Crippen MR) is 60.9 cm³/mol. The molecule has 0 saturated heterocycles. The summed E-state index contributed by atoms with van der Waals surface area (Å²) in [6.45, 7) is 0.342. The van der Waals surface area contributed by atoms with E-state index in [0.29, 0.717) is 5.02 Å². The fraction of sp³-hybridized carbons (Fsp3) is 0.364. The van der Waals surface area contributed by atoms with Crippen LogP contribution in [0.15, 0.2) is 24.3 Å². The molecule has 0 unspecified atom stereocenters. The molecule has 16 heavy (non-hydrogen) atoms. The molecule has 0 fully saturated rings. The van der Waals surface area contributed by atoms with Gasteiger partial charge in [-0.15, -0.1) is 0 Å². The number of carbonyl (C=O) groups is 1. The molecule has 0 spiro atoms. The number of hydrogen-bond donors (Lipinski definition) is 2. The fourth-order valence-corrected chi connectivity index (χ4v) is 1.37. The number of hydrogen-bond acceptors (Lipinski definition) is 4. The number of esters is 1. The van der Waals surface area contributed by atoms with Crippen LogP contribution in [0.2, 0.25) is 5.02 Å². The van der Waals surface area contributed by atoms with Crippen LogP contribution in [-0.4, -0.2) is 23.7 Å². The van der Waals surface area contributed by atoms with E-state index in [1.54, 1.807) is 24.3 Å². The van der Waals surface area contributed by atoms with E-state index in [4.69, 9.17) is 22.1 Å². The molecule has 0 saturated carbocycles. The van der Waals surface area contributed by atoms with E-state index in [9.17, 15) is 9.90 Å². The summed E-state index contributed by atoms with van der Waals surface area (Å²) in [5.41, 5.74) is 5.99. The lowest BCUT2D eigenvalue weighted by Crippen LogP contribution is -2.25. The fourth-order valence-electron chi connectivity index (χ4n) is 1.15. The zero-order valence-electron chi connectivity index (χ0n) is 8.73. The Labute approximate surface area is 99.0 Å². The summed E-state index contributed by atoms with van der Waals surface area (Å²) < 4.78 is 4.89. The largest absolute Gasteiger partial charge is 0.459 e. The first-order chi connectivity index (χ1) is 7.63. The Kier molecular flexibility index (Phi) is 5.25. The molecule has 0 amide bonds. The van der Waals surface area contributed by atoms with Gasteiger partial charge in [0.25, 0.3) is 0 Å². The number of aliphatic hydroxyl groups is 1. The van der Waals surface area contributed by atoms with E-state index in [-0.39, 0.29) is 19.6 Å². The molecule has 0 aliphatic carbocycles. The van der Waals surface area contributed by atoms with Gasteiger partial charge in [-0.1, -0.05) is 23.7 Å². The average molecular weight is 244 g/mol. The van der Waals surface area contributed by atoms with Crippen LogP contribution in [0, 0.1) is 0 Å². The first-order valence-electron chi connectivity index (χ1n) is 4.92. The monoisotopic (exact) mass is 243 g/mol. The van der Waals surface area contributed by atoms with Crippen LogP contribution in [-0.2, 0) is 16.1 Å². The van der Waals surface area contributed by atoms with E-state index in [2.05, 4.69) is 0 Å². The Balaban J connectivity index is 2.42. The smallest absolute Gasteiger partial charge is 0.335 e. The van der Waals surface area contributed by atoms with Gasteiger partial charge in [0.15, 0.2) is 6.10 Å². The van der Waals surface area contributed by atoms with Crippen molar-refractivity contribution < 1.29 is 14.6 Å². The highest BCUT2D eigenvalue weighted by molar-refractivity contribution is 6.30. The van der Waals surface area contributed by atoms with Crippen molar-refractivity contribution in [1.29, 1.82) is 0 Å². The minimum absolute atomic E-state index is 0.0982. The van der Waals surface area contributed by atoms with E-state index >= 15 is 0 Å². The van der Waals surface area contributed by atoms with Crippen molar-refractivity contribution >= 4 is 17.6 Å². The number of halogens is 1. The highest BCUT2D eigenvalue weighted by atomic mass is 35.5. The third-order valence-electron chi connectivity index (χ3n) is 1.98. The summed E-state index contributed by atoms with van der Waals surface area (Å²) in [6.07, 6.45) is -0.946. The maximum atomic E-state index is 11.2. The van der Waals surface area contributed by atoms with Crippen LogP contribution >= 0.6 is 11.6 Å². The SMILES string of the molecule is NCC[C@H](O)C(=O)OCc1cccc(Cl)c1. The van der Waals surface area contributed by atoms with Gasteiger partial charge >= 0.3 is 5.97 Å². The molecule has 3 N–H and O–H groups in total. The van der Waals surface area contributed by atoms with E-state index in [1.165, 1.54) is 0 Å². The summed E-state index contributed by atoms with van der Waals surface area (Å²) in [5, 5.41) is 9.85. The number of carbonyl (C=O) groups excluding carboxylic acids is 1. The highest BCUT2D eigenvalue weighted by Crippen LogP contribution is 2.11. The average Bonchev–Trinajstić information content (AvgIpc) is 2.26. The van der Waals surface area contributed by atoms with Crippen LogP contribution < -0.4 is 5.73 Å². The van der Waals surface area contributed by atoms with Crippen molar-refractivity contribution in [3.05, 3.63) is 34.9 Å². The molecule has 0 bridgehead atoms. The second-order valence-corrected chi connectivity index (χ2v) is 3.77. The number of benzene rings is 1. The predicted octanol–water partition coefficient (Wildman–Crippen LogP) is 1.09. The van der Waals surface area contributed by atoms with Gasteiger partial charge in [0.1, 0.15) is 6.61 Å². The van der Waals surface area contributed by atoms with Gasteiger partial charge in [-0.3, -0.25) is 0 Å². The van der Waals surface area contributed by atoms with Gasteiger partial charge in [0, 0.05) is 5.02 Å². The topological polar surface area (TPSA) is 72.5 Å². The van der Waals surface area contributed by atoms with Crippen molar-refractivity contribution in [2.24, 2.45) is 5.73 Å². The summed E-state index contributed by atoms with van der Waals surface area (Å²) >= 11 is 5.77. The summed E-state index contributed by atoms with van der Waals surface area (Å²) in [4.78, 5) is 11.2. The summed E-state index contributed by atoms with van der Waals surface area (Å²) in [7, 11) is 0. The summed E-state index contributed by atoms with van der Waals surface area (Å²) in [6, 6.07) is 6.98. The van der Waals surface area contributed by atoms with Crippen LogP contribution in [0.5, 0.6) is 0 Å². The Morgan fingerprint density at radius 3 is 2.94 bits per heavy atom. The molecular weight excluding hydrogens is 230 g/mol. The maximum Gasteiger partial charge on any atom is 0.335 e. The third kappa shape index (κ3) is 4.18. The second-order valence-electron chi connectivity index (χ2n) is 3.33. The third-order valence-corrected chi connectivity index (χ3v) is 2.22. The number of nitrogens with two attached hydrogens (primary N) is 1. The molecule has 1 rings (SSSR count). The number of rotatable bonds is 5. The van der Waals surface area contributed by atoms with Crippen molar-refractivity contribution in [3.63, 3.8) is 0 Å². The summed E-state index contributed by atoms with van der Waals surface area (Å²) in [5.74, 6) is -0.662. The van der Waals surface area contributed by atoms with E-state index < -0.39 is 12.1 Å². The van der Waals surface area contributed by atoms with Crippen molar-refractivity contribution in [2.45, 2.75) is 19.1 Å². The molecule has 0 radical (unpaired) electrons. The Morgan fingerprint density at radius 1 is 1.56 bits per heavy atom. The zero-order chi connectivity index (χ0) is 12.0. The van der Waals surface area contributed by atoms with Gasteiger partial charge < -0.3 is 15.6 Å². The zero-order valence-corrected chi connectivity index (χ0v) is 9.48. The van der Waals surface area contributed by atoms with Gasteiger partial charge in [0.05, 0.1) is 0 Å². The number of aliphatic hydroxyl groups excluding tert-OH is 1. The standard InChI is InChI=1S/C11H14ClNO3/c12-9-3-1-2-8(6-9)7-16-11(15)10(14)4-5-13/h1-3,6,10,14H,4-5,7,13H2/t10-/m0/s1. The molecular formula is C11H14ClNO3. The number of ether oxygens (including phenoxy) is 1. The molecule has 1 aromatic rings. The van der Waals surface area contributed by atoms with Crippen molar-refractivity contribution in [1.82, 2.24) is 0 Å². The molecule has 1 aromatic carbocycles. The van der Waals surface area contributed by atoms with Gasteiger partial charge in [-0.2, -0.15) is 0 Å². The second kappa shape index (κ2) is 6.48. The molecule has 0 aromatic heterocycles. The lowest BCUT2D eigenvalue weighted by molar-refractivity contribution is -0.155. The Morgan fingerprint density at radius 2 is 2.31 bits per heavy atom. The quantitative estimate of drug-likeness (QED) is 0.760. The maximum absolute atomic E-state index is 11.2. The van der Waals surface area contributed by atoms with Crippen molar-refractivity contribution in [3.8, 4) is 0 Å². The molecule has 0 aliphatic rings. The van der Waals surface area contributed by atoms with Gasteiger partial charge in [-0.05, 0) is 30.7 Å². The molecule has 4 nitrogen and oxygen atoms in total. The highest BCUT2D eigenvalue weighted by Gasteiger charge is 2.15.